The molecule has 0 atom stereocenters. The van der Waals surface area contributed by atoms with Gasteiger partial charge in [-0.2, -0.15) is 13.2 Å². The summed E-state index contributed by atoms with van der Waals surface area (Å²) in [7, 11) is 2.09. The number of nitrogens with zero attached hydrogens (tertiary/aromatic N) is 5. The van der Waals surface area contributed by atoms with Crippen LogP contribution in [0.5, 0.6) is 0 Å². The first-order chi connectivity index (χ1) is 20.2. The monoisotopic (exact) mass is 571 g/mol. The number of alkyl halides is 3. The number of anilines is 2. The molecule has 1 amide bonds. The van der Waals surface area contributed by atoms with E-state index in [1.165, 1.54) is 12.1 Å². The summed E-state index contributed by atoms with van der Waals surface area (Å²) < 4.78 is 39.7. The van der Waals surface area contributed by atoms with E-state index in [1.54, 1.807) is 18.5 Å². The van der Waals surface area contributed by atoms with Crippen LogP contribution >= 0.6 is 0 Å². The van der Waals surface area contributed by atoms with E-state index in [0.717, 1.165) is 71.9 Å². The Morgan fingerprint density at radius 3 is 2.60 bits per heavy atom. The fraction of sp³-hybridized carbons (Fsp3) is 0.226. The highest BCUT2D eigenvalue weighted by Crippen LogP contribution is 2.31. The van der Waals surface area contributed by atoms with Gasteiger partial charge in [-0.15, -0.1) is 0 Å². The third-order valence-electron chi connectivity index (χ3n) is 7.37. The molecule has 0 radical (unpaired) electrons. The highest BCUT2D eigenvalue weighted by molar-refractivity contribution is 6.04. The summed E-state index contributed by atoms with van der Waals surface area (Å²) in [6.07, 6.45) is 1.12. The zero-order chi connectivity index (χ0) is 29.3. The summed E-state index contributed by atoms with van der Waals surface area (Å²) in [5.41, 5.74) is 4.61. The summed E-state index contributed by atoms with van der Waals surface area (Å²) in [5, 5.41) is 2.78. The number of halogens is 3. The van der Waals surface area contributed by atoms with E-state index in [0.29, 0.717) is 17.9 Å². The standard InChI is InChI=1S/C31H28F3N7O/c1-40-12-14-41(15-13-40)26-8-7-24(37-30(42)20-4-2-6-23(16-20)31(32,33)34)17-22(26)18-27-38-25-9-11-36-29(25)28(39-27)21-5-3-10-35-19-21/h2-11,16-17,19,36H,12-15,18H2,1H3,(H,37,42). The average Bonchev–Trinajstić information content (AvgIpc) is 3.46. The van der Waals surface area contributed by atoms with Crippen molar-refractivity contribution >= 4 is 28.3 Å². The summed E-state index contributed by atoms with van der Waals surface area (Å²) in [6, 6.07) is 15.7. The molecule has 0 unspecified atom stereocenters. The maximum Gasteiger partial charge on any atom is 0.416 e. The molecule has 0 saturated carbocycles. The fourth-order valence-electron chi connectivity index (χ4n) is 5.15. The van der Waals surface area contributed by atoms with Crippen LogP contribution in [0.1, 0.15) is 27.3 Å². The molecular weight excluding hydrogens is 543 g/mol. The van der Waals surface area contributed by atoms with Gasteiger partial charge >= 0.3 is 6.18 Å². The van der Waals surface area contributed by atoms with Crippen LogP contribution in [0.2, 0.25) is 0 Å². The van der Waals surface area contributed by atoms with Crippen LogP contribution in [0.15, 0.2) is 79.3 Å². The van der Waals surface area contributed by atoms with Gasteiger partial charge in [0.1, 0.15) is 5.82 Å². The van der Waals surface area contributed by atoms with Gasteiger partial charge in [0.15, 0.2) is 0 Å². The first-order valence-electron chi connectivity index (χ1n) is 13.5. The number of amides is 1. The Morgan fingerprint density at radius 1 is 1.00 bits per heavy atom. The van der Waals surface area contributed by atoms with E-state index in [2.05, 4.69) is 32.1 Å². The molecule has 214 valence electrons. The van der Waals surface area contributed by atoms with Crippen LogP contribution in [-0.2, 0) is 12.6 Å². The SMILES string of the molecule is CN1CCN(c2ccc(NC(=O)c3cccc(C(F)(F)F)c3)cc2Cc2nc(-c3cccnc3)c3[nH]ccc3n2)CC1. The van der Waals surface area contributed by atoms with Crippen molar-refractivity contribution in [3.05, 3.63) is 102 Å². The Morgan fingerprint density at radius 2 is 1.83 bits per heavy atom. The van der Waals surface area contributed by atoms with Crippen molar-refractivity contribution in [1.82, 2.24) is 24.8 Å². The molecule has 5 aromatic rings. The summed E-state index contributed by atoms with van der Waals surface area (Å²) in [6.45, 7) is 3.48. The van der Waals surface area contributed by atoms with Gasteiger partial charge in [-0.05, 0) is 67.2 Å². The normalized spacial score (nSPS) is 14.3. The van der Waals surface area contributed by atoms with Crippen LogP contribution in [0.25, 0.3) is 22.3 Å². The molecule has 3 aromatic heterocycles. The molecule has 1 aliphatic heterocycles. The summed E-state index contributed by atoms with van der Waals surface area (Å²) in [5.74, 6) is -0.0269. The lowest BCUT2D eigenvalue weighted by molar-refractivity contribution is -0.137. The van der Waals surface area contributed by atoms with Crippen LogP contribution in [0, 0.1) is 0 Å². The number of likely N-dealkylation sites (N-methyl/N-ethyl adjacent to an activating group) is 1. The first kappa shape index (κ1) is 27.4. The van der Waals surface area contributed by atoms with E-state index in [9.17, 15) is 18.0 Å². The first-order valence-corrected chi connectivity index (χ1v) is 13.5. The van der Waals surface area contributed by atoms with Crippen molar-refractivity contribution in [2.45, 2.75) is 12.6 Å². The lowest BCUT2D eigenvalue weighted by Gasteiger charge is -2.35. The van der Waals surface area contributed by atoms with Gasteiger partial charge in [0.2, 0.25) is 0 Å². The molecular formula is C31H28F3N7O. The Hall–Kier alpha value is -4.77. The molecule has 42 heavy (non-hydrogen) atoms. The molecule has 2 aromatic carbocycles. The van der Waals surface area contributed by atoms with Gasteiger partial charge in [0.25, 0.3) is 5.91 Å². The molecule has 2 N–H and O–H groups in total. The van der Waals surface area contributed by atoms with Gasteiger partial charge in [-0.25, -0.2) is 9.97 Å². The number of carbonyl (C=O) groups excluding carboxylic acids is 1. The van der Waals surface area contributed by atoms with Crippen LogP contribution < -0.4 is 10.2 Å². The van der Waals surface area contributed by atoms with Crippen LogP contribution in [-0.4, -0.2) is 64.0 Å². The zero-order valence-electron chi connectivity index (χ0n) is 22.8. The minimum absolute atomic E-state index is 0.0723. The summed E-state index contributed by atoms with van der Waals surface area (Å²) >= 11 is 0. The lowest BCUT2D eigenvalue weighted by Crippen LogP contribution is -2.44. The second-order valence-electron chi connectivity index (χ2n) is 10.3. The minimum atomic E-state index is -4.54. The number of carbonyl (C=O) groups is 1. The molecule has 1 saturated heterocycles. The largest absolute Gasteiger partial charge is 0.416 e. The predicted octanol–water partition coefficient (Wildman–Crippen LogP) is 5.63. The van der Waals surface area contributed by atoms with Crippen molar-refractivity contribution < 1.29 is 18.0 Å². The number of aromatic amines is 1. The van der Waals surface area contributed by atoms with Crippen molar-refractivity contribution in [2.75, 3.05) is 43.4 Å². The molecule has 0 aliphatic carbocycles. The number of nitrogens with one attached hydrogen (secondary N) is 2. The molecule has 0 spiro atoms. The molecule has 1 fully saturated rings. The Bertz CT molecular complexity index is 1730. The highest BCUT2D eigenvalue weighted by atomic mass is 19.4. The molecule has 8 nitrogen and oxygen atoms in total. The van der Waals surface area contributed by atoms with E-state index in [4.69, 9.17) is 9.97 Å². The van der Waals surface area contributed by atoms with E-state index < -0.39 is 17.6 Å². The molecule has 1 aliphatic rings. The Labute approximate surface area is 240 Å². The van der Waals surface area contributed by atoms with Crippen molar-refractivity contribution in [2.24, 2.45) is 0 Å². The van der Waals surface area contributed by atoms with Crippen molar-refractivity contribution in [1.29, 1.82) is 0 Å². The smallest absolute Gasteiger partial charge is 0.369 e. The van der Waals surface area contributed by atoms with Gasteiger partial charge < -0.3 is 20.1 Å². The predicted molar refractivity (Wildman–Crippen MR) is 155 cm³/mol. The van der Waals surface area contributed by atoms with E-state index in [1.807, 2.05) is 36.5 Å². The van der Waals surface area contributed by atoms with Crippen molar-refractivity contribution in [3.63, 3.8) is 0 Å². The molecule has 11 heteroatoms. The third kappa shape index (κ3) is 5.82. The second-order valence-corrected chi connectivity index (χ2v) is 10.3. The van der Waals surface area contributed by atoms with Crippen LogP contribution in [0.4, 0.5) is 24.5 Å². The van der Waals surface area contributed by atoms with Crippen LogP contribution in [0.3, 0.4) is 0 Å². The topological polar surface area (TPSA) is 90.0 Å². The number of rotatable bonds is 6. The number of piperazine rings is 1. The van der Waals surface area contributed by atoms with Gasteiger partial charge in [-0.3, -0.25) is 9.78 Å². The van der Waals surface area contributed by atoms with Gasteiger partial charge in [0, 0.05) is 73.7 Å². The quantitative estimate of drug-likeness (QED) is 0.275. The number of H-pyrrole nitrogens is 1. The number of aromatic nitrogens is 4. The fourth-order valence-corrected chi connectivity index (χ4v) is 5.15. The maximum absolute atomic E-state index is 13.2. The molecule has 4 heterocycles. The molecule has 6 rings (SSSR count). The molecule has 0 bridgehead atoms. The number of pyridine rings is 1. The third-order valence-corrected chi connectivity index (χ3v) is 7.37. The Kier molecular flexibility index (Phi) is 7.34. The lowest BCUT2D eigenvalue weighted by atomic mass is 10.0. The zero-order valence-corrected chi connectivity index (χ0v) is 22.8. The average molecular weight is 572 g/mol. The van der Waals surface area contributed by atoms with Gasteiger partial charge in [0.05, 0.1) is 22.3 Å². The number of benzene rings is 2. The number of hydrogen-bond donors (Lipinski definition) is 2. The van der Waals surface area contributed by atoms with Crippen molar-refractivity contribution in [3.8, 4) is 11.3 Å². The highest BCUT2D eigenvalue weighted by Gasteiger charge is 2.31. The number of fused-ring (bicyclic) bond motifs is 1. The summed E-state index contributed by atoms with van der Waals surface area (Å²) in [4.78, 5) is 34.7. The minimum Gasteiger partial charge on any atom is -0.369 e. The van der Waals surface area contributed by atoms with E-state index >= 15 is 0 Å². The van der Waals surface area contributed by atoms with E-state index in [-0.39, 0.29) is 5.56 Å². The number of hydrogen-bond acceptors (Lipinski definition) is 6. The maximum atomic E-state index is 13.2. The Balaban J connectivity index is 1.35. The van der Waals surface area contributed by atoms with Gasteiger partial charge in [-0.1, -0.05) is 6.07 Å². The second kappa shape index (κ2) is 11.2.